The zero-order valence-corrected chi connectivity index (χ0v) is 17.9. The van der Waals surface area contributed by atoms with Crippen molar-refractivity contribution in [2.75, 3.05) is 0 Å². The topological polar surface area (TPSA) is 31.6 Å². The molecule has 0 amide bonds. The Hall–Kier alpha value is -2.56. The highest BCUT2D eigenvalue weighted by atomic mass is 16.7. The van der Waals surface area contributed by atoms with Crippen LogP contribution in [0.1, 0.15) is 38.8 Å². The van der Waals surface area contributed by atoms with Crippen molar-refractivity contribution in [3.8, 4) is 11.1 Å². The lowest BCUT2D eigenvalue weighted by Crippen LogP contribution is -2.41. The Kier molecular flexibility index (Phi) is 3.64. The second-order valence-corrected chi connectivity index (χ2v) is 9.64. The summed E-state index contributed by atoms with van der Waals surface area (Å²) in [5.41, 5.74) is 7.53. The molecule has 0 N–H and O–H groups in total. The fourth-order valence-corrected chi connectivity index (χ4v) is 4.46. The van der Waals surface area contributed by atoms with E-state index in [9.17, 15) is 0 Å². The van der Waals surface area contributed by atoms with Gasteiger partial charge in [-0.15, -0.1) is 0 Å². The molecular weight excluding hydrogens is 371 g/mol. The molecule has 1 aliphatic carbocycles. The van der Waals surface area contributed by atoms with Gasteiger partial charge in [0.25, 0.3) is 0 Å². The van der Waals surface area contributed by atoms with Gasteiger partial charge in [0, 0.05) is 10.8 Å². The van der Waals surface area contributed by atoms with Crippen LogP contribution in [0.25, 0.3) is 33.1 Å². The summed E-state index contributed by atoms with van der Waals surface area (Å²) < 4.78 is 18.5. The molecule has 2 aliphatic rings. The van der Waals surface area contributed by atoms with Crippen molar-refractivity contribution in [1.82, 2.24) is 0 Å². The van der Waals surface area contributed by atoms with Gasteiger partial charge in [0.2, 0.25) is 0 Å². The van der Waals surface area contributed by atoms with Crippen LogP contribution >= 0.6 is 0 Å². The van der Waals surface area contributed by atoms with Crippen molar-refractivity contribution in [1.29, 1.82) is 0 Å². The maximum atomic E-state index is 6.20. The van der Waals surface area contributed by atoms with Gasteiger partial charge >= 0.3 is 7.12 Å². The van der Waals surface area contributed by atoms with Crippen LogP contribution in [0.4, 0.5) is 0 Å². The Labute approximate surface area is 177 Å². The predicted molar refractivity (Wildman–Crippen MR) is 122 cm³/mol. The van der Waals surface area contributed by atoms with Gasteiger partial charge in [0.15, 0.2) is 0 Å². The van der Waals surface area contributed by atoms with E-state index in [2.05, 4.69) is 82.3 Å². The average Bonchev–Trinajstić information content (AvgIpc) is 3.15. The van der Waals surface area contributed by atoms with Crippen LogP contribution in [0, 0.1) is 0 Å². The van der Waals surface area contributed by atoms with Gasteiger partial charge in [-0.05, 0) is 92.5 Å². The van der Waals surface area contributed by atoms with Crippen LogP contribution in [0.3, 0.4) is 0 Å². The van der Waals surface area contributed by atoms with Crippen LogP contribution < -0.4 is 5.46 Å². The van der Waals surface area contributed by atoms with E-state index < -0.39 is 0 Å². The SMILES string of the molecule is CC1(C)OB(c2ccc(-c3ccc4c(c3)oc3cc5c(cc34)CC5)cc2)OC1(C)C. The summed E-state index contributed by atoms with van der Waals surface area (Å²) in [5.74, 6) is 0. The molecule has 3 aromatic carbocycles. The van der Waals surface area contributed by atoms with E-state index in [1.54, 1.807) is 0 Å². The minimum absolute atomic E-state index is 0.330. The monoisotopic (exact) mass is 396 g/mol. The summed E-state index contributed by atoms with van der Waals surface area (Å²) in [4.78, 5) is 0. The predicted octanol–water partition coefficient (Wildman–Crippen LogP) is 5.65. The molecule has 1 saturated heterocycles. The highest BCUT2D eigenvalue weighted by Gasteiger charge is 2.51. The number of aryl methyl sites for hydroxylation is 2. The minimum Gasteiger partial charge on any atom is -0.456 e. The first kappa shape index (κ1) is 18.2. The molecule has 1 aromatic heterocycles. The Morgan fingerprint density at radius 2 is 1.27 bits per heavy atom. The largest absolute Gasteiger partial charge is 0.494 e. The van der Waals surface area contributed by atoms with Crippen LogP contribution in [0.15, 0.2) is 59.0 Å². The molecule has 0 bridgehead atoms. The molecule has 0 saturated carbocycles. The Balaban J connectivity index is 1.33. The molecule has 30 heavy (non-hydrogen) atoms. The summed E-state index contributed by atoms with van der Waals surface area (Å²) >= 11 is 0. The molecule has 0 spiro atoms. The first-order chi connectivity index (χ1) is 14.3. The maximum Gasteiger partial charge on any atom is 0.494 e. The lowest BCUT2D eigenvalue weighted by Gasteiger charge is -2.32. The van der Waals surface area contributed by atoms with Crippen molar-refractivity contribution >= 4 is 34.5 Å². The normalized spacial score (nSPS) is 19.3. The summed E-state index contributed by atoms with van der Waals surface area (Å²) in [7, 11) is -0.334. The molecule has 3 nitrogen and oxygen atoms in total. The van der Waals surface area contributed by atoms with E-state index in [4.69, 9.17) is 13.7 Å². The molecule has 4 aromatic rings. The zero-order valence-electron chi connectivity index (χ0n) is 17.9. The van der Waals surface area contributed by atoms with E-state index in [0.717, 1.165) is 27.8 Å². The van der Waals surface area contributed by atoms with E-state index in [1.165, 1.54) is 34.7 Å². The number of hydrogen-bond acceptors (Lipinski definition) is 3. The second kappa shape index (κ2) is 5.99. The number of hydrogen-bond donors (Lipinski definition) is 0. The molecule has 6 rings (SSSR count). The molecule has 4 heteroatoms. The molecule has 150 valence electrons. The highest BCUT2D eigenvalue weighted by Crippen LogP contribution is 2.38. The molecule has 0 unspecified atom stereocenters. The third-order valence-corrected chi connectivity index (χ3v) is 7.23. The molecule has 1 fully saturated rings. The quantitative estimate of drug-likeness (QED) is 0.411. The number of rotatable bonds is 2. The van der Waals surface area contributed by atoms with Crippen molar-refractivity contribution in [3.05, 3.63) is 65.7 Å². The molecule has 2 heterocycles. The van der Waals surface area contributed by atoms with Gasteiger partial charge in [-0.25, -0.2) is 0 Å². The van der Waals surface area contributed by atoms with Crippen molar-refractivity contribution in [3.63, 3.8) is 0 Å². The summed E-state index contributed by atoms with van der Waals surface area (Å²) in [5, 5.41) is 2.42. The van der Waals surface area contributed by atoms with Gasteiger partial charge in [0.1, 0.15) is 11.2 Å². The van der Waals surface area contributed by atoms with E-state index in [0.29, 0.717) is 0 Å². The molecule has 0 atom stereocenters. The Morgan fingerprint density at radius 3 is 1.93 bits per heavy atom. The third kappa shape index (κ3) is 2.60. The maximum absolute atomic E-state index is 6.20. The van der Waals surface area contributed by atoms with Crippen LogP contribution in [-0.2, 0) is 22.2 Å². The van der Waals surface area contributed by atoms with Gasteiger partial charge in [-0.1, -0.05) is 30.3 Å². The number of fused-ring (bicyclic) bond motifs is 4. The third-order valence-electron chi connectivity index (χ3n) is 7.23. The lowest BCUT2D eigenvalue weighted by atomic mass is 9.78. The molecule has 1 aliphatic heterocycles. The van der Waals surface area contributed by atoms with Crippen LogP contribution in [0.5, 0.6) is 0 Å². The number of furan rings is 1. The fourth-order valence-electron chi connectivity index (χ4n) is 4.46. The van der Waals surface area contributed by atoms with Gasteiger partial charge in [-0.2, -0.15) is 0 Å². The van der Waals surface area contributed by atoms with Gasteiger partial charge in [-0.3, -0.25) is 0 Å². The van der Waals surface area contributed by atoms with E-state index in [-0.39, 0.29) is 18.3 Å². The van der Waals surface area contributed by atoms with Crippen molar-refractivity contribution in [2.24, 2.45) is 0 Å². The minimum atomic E-state index is -0.334. The second-order valence-electron chi connectivity index (χ2n) is 9.64. The molecular formula is C26H25BO3. The lowest BCUT2D eigenvalue weighted by molar-refractivity contribution is 0.00578. The van der Waals surface area contributed by atoms with E-state index >= 15 is 0 Å². The Morgan fingerprint density at radius 1 is 0.667 bits per heavy atom. The average molecular weight is 396 g/mol. The summed E-state index contributed by atoms with van der Waals surface area (Å²) in [6.07, 6.45) is 2.36. The fraction of sp³-hybridized carbons (Fsp3) is 0.308. The Bertz CT molecular complexity index is 1280. The highest BCUT2D eigenvalue weighted by molar-refractivity contribution is 6.62. The van der Waals surface area contributed by atoms with Crippen LogP contribution in [0.2, 0.25) is 0 Å². The smallest absolute Gasteiger partial charge is 0.456 e. The standard InChI is InChI=1S/C26H25BO3/c1-25(2)26(3,4)30-27(29-25)20-10-7-16(8-11-20)18-9-12-21-22-13-17-5-6-19(17)15-24(22)28-23(21)14-18/h7-15H,5-6H2,1-4H3. The van der Waals surface area contributed by atoms with Crippen molar-refractivity contribution in [2.45, 2.75) is 51.7 Å². The first-order valence-electron chi connectivity index (χ1n) is 10.7. The zero-order chi connectivity index (χ0) is 20.7. The van der Waals surface area contributed by atoms with E-state index in [1.807, 2.05) is 0 Å². The van der Waals surface area contributed by atoms with Crippen molar-refractivity contribution < 1.29 is 13.7 Å². The molecule has 0 radical (unpaired) electrons. The van der Waals surface area contributed by atoms with Gasteiger partial charge in [0.05, 0.1) is 11.2 Å². The van der Waals surface area contributed by atoms with Crippen LogP contribution in [-0.4, -0.2) is 18.3 Å². The number of benzene rings is 3. The summed E-state index contributed by atoms with van der Waals surface area (Å²) in [6, 6.07) is 19.5. The first-order valence-corrected chi connectivity index (χ1v) is 10.7. The summed E-state index contributed by atoms with van der Waals surface area (Å²) in [6.45, 7) is 8.32. The van der Waals surface area contributed by atoms with Gasteiger partial charge < -0.3 is 13.7 Å².